The van der Waals surface area contributed by atoms with Crippen molar-refractivity contribution in [3.63, 3.8) is 0 Å². The molecule has 170 valence electrons. The van der Waals surface area contributed by atoms with Gasteiger partial charge in [-0.2, -0.15) is 0 Å². The summed E-state index contributed by atoms with van der Waals surface area (Å²) in [5.74, 6) is 1.90. The highest BCUT2D eigenvalue weighted by Gasteiger charge is 2.65. The molecule has 0 amide bonds. The Hall–Kier alpha value is -0.210. The number of Topliss-reactive ketones (excluding diaryl/α,β-unsaturated/α-hetero) is 1. The van der Waals surface area contributed by atoms with Gasteiger partial charge in [0.1, 0.15) is 11.9 Å². The van der Waals surface area contributed by atoms with Crippen molar-refractivity contribution in [3.8, 4) is 0 Å². The second-order valence-corrected chi connectivity index (χ2v) is 11.7. The number of hydrogen-bond donors (Lipinski definition) is 1. The van der Waals surface area contributed by atoms with Crippen molar-refractivity contribution in [2.75, 3.05) is 11.5 Å². The fourth-order valence-electron chi connectivity index (χ4n) is 8.56. The third-order valence-electron chi connectivity index (χ3n) is 9.75. The average molecular weight is 532 g/mol. The molecule has 0 heterocycles. The summed E-state index contributed by atoms with van der Waals surface area (Å²) in [4.78, 5) is 24.9. The summed E-state index contributed by atoms with van der Waals surface area (Å²) in [5.41, 5.74) is -0.101. The van der Waals surface area contributed by atoms with E-state index in [1.807, 2.05) is 0 Å². The zero-order valence-corrected chi connectivity index (χ0v) is 20.9. The number of carbonyl (C=O) groups excluding carboxylic acids is 2. The quantitative estimate of drug-likeness (QED) is 0.334. The van der Waals surface area contributed by atoms with Crippen LogP contribution in [0.1, 0.15) is 65.7 Å². The van der Waals surface area contributed by atoms with Gasteiger partial charge in [-0.1, -0.05) is 36.4 Å². The number of hydrogen-bond acceptors (Lipinski definition) is 5. The Morgan fingerprint density at radius 1 is 1.07 bits per heavy atom. The van der Waals surface area contributed by atoms with Gasteiger partial charge in [-0.15, -0.1) is 0 Å². The third kappa shape index (κ3) is 3.47. The number of alkyl halides is 1. The van der Waals surface area contributed by atoms with E-state index in [0.29, 0.717) is 22.2 Å². The molecule has 0 aromatic carbocycles. The number of ketones is 1. The van der Waals surface area contributed by atoms with Gasteiger partial charge in [-0.25, -0.2) is 0 Å². The predicted molar refractivity (Wildman–Crippen MR) is 122 cm³/mol. The monoisotopic (exact) mass is 532 g/mol. The van der Waals surface area contributed by atoms with Gasteiger partial charge in [0.15, 0.2) is 0 Å². The van der Waals surface area contributed by atoms with E-state index < -0.39 is 6.10 Å². The Bertz CT molecular complexity index is 697. The molecule has 30 heavy (non-hydrogen) atoms. The van der Waals surface area contributed by atoms with Crippen molar-refractivity contribution in [1.29, 1.82) is 0 Å². The van der Waals surface area contributed by atoms with Crippen LogP contribution in [0.3, 0.4) is 0 Å². The molecule has 0 unspecified atom stereocenters. The van der Waals surface area contributed by atoms with Crippen molar-refractivity contribution in [3.05, 3.63) is 0 Å². The zero-order valence-electron chi connectivity index (χ0n) is 18.7. The number of fused-ring (bicyclic) bond motifs is 5. The predicted octanol–water partition coefficient (Wildman–Crippen LogP) is 4.18. The number of aliphatic hydroxyl groups excluding tert-OH is 1. The molecule has 4 aliphatic carbocycles. The first kappa shape index (κ1) is 23.0. The number of carbonyl (C=O) groups is 2. The molecule has 0 spiro atoms. The van der Waals surface area contributed by atoms with Gasteiger partial charge in [-0.05, 0) is 80.5 Å². The number of methoxy groups -OCH3 is 1. The van der Waals surface area contributed by atoms with E-state index in [1.165, 1.54) is 0 Å². The first-order chi connectivity index (χ1) is 14.2. The van der Waals surface area contributed by atoms with Gasteiger partial charge < -0.3 is 14.6 Å². The maximum absolute atomic E-state index is 12.5. The fraction of sp³-hybridized carbons (Fsp3) is 0.917. The smallest absolute Gasteiger partial charge is 0.316 e. The molecule has 5 nitrogen and oxygen atoms in total. The van der Waals surface area contributed by atoms with Crippen LogP contribution in [0.25, 0.3) is 0 Å². The lowest BCUT2D eigenvalue weighted by Gasteiger charge is -2.63. The molecular formula is C24H37IO5. The fourth-order valence-corrected chi connectivity index (χ4v) is 8.74. The number of ether oxygens (including phenoxy) is 2. The van der Waals surface area contributed by atoms with Crippen LogP contribution in [0.15, 0.2) is 0 Å². The molecule has 0 radical (unpaired) electrons. The van der Waals surface area contributed by atoms with Gasteiger partial charge >= 0.3 is 5.97 Å². The van der Waals surface area contributed by atoms with E-state index in [0.717, 1.165) is 44.9 Å². The van der Waals surface area contributed by atoms with Gasteiger partial charge in [0, 0.05) is 18.9 Å². The van der Waals surface area contributed by atoms with E-state index >= 15 is 0 Å². The normalized spacial score (nSPS) is 50.2. The Morgan fingerprint density at radius 2 is 1.77 bits per heavy atom. The molecule has 0 aromatic rings. The lowest BCUT2D eigenvalue weighted by Crippen LogP contribution is -2.62. The highest BCUT2D eigenvalue weighted by Crippen LogP contribution is 2.68. The Labute approximate surface area is 194 Å². The lowest BCUT2D eigenvalue weighted by atomic mass is 9.43. The van der Waals surface area contributed by atoms with Crippen molar-refractivity contribution in [2.45, 2.75) is 84.0 Å². The maximum Gasteiger partial charge on any atom is 0.316 e. The molecule has 1 N–H and O–H groups in total. The van der Waals surface area contributed by atoms with E-state index in [9.17, 15) is 14.7 Å². The number of esters is 1. The van der Waals surface area contributed by atoms with Crippen molar-refractivity contribution >= 4 is 34.3 Å². The standard InChI is InChI=1S/C24H37IO5/c1-13(26)16-7-8-17-15-6-5-14-9-18(27)19(29-4)10-23(14,2)22(15)20(11-24(16,17)3)30-21(28)12-25/h14-20,22,27H,5-12H2,1-4H3/t14-,15-,16+,17-,18-,19-,20-,22+,23-,24+/m0/s1. The number of aliphatic hydroxyl groups is 1. The number of halogens is 1. The molecule has 4 saturated carbocycles. The van der Waals surface area contributed by atoms with Gasteiger partial charge in [0.25, 0.3) is 0 Å². The summed E-state index contributed by atoms with van der Waals surface area (Å²) in [7, 11) is 1.69. The molecule has 4 fully saturated rings. The molecule has 10 atom stereocenters. The van der Waals surface area contributed by atoms with Gasteiger partial charge in [0.05, 0.1) is 16.6 Å². The largest absolute Gasteiger partial charge is 0.461 e. The Balaban J connectivity index is 1.73. The third-order valence-corrected chi connectivity index (χ3v) is 10.4. The van der Waals surface area contributed by atoms with Crippen LogP contribution in [-0.2, 0) is 19.1 Å². The summed E-state index contributed by atoms with van der Waals surface area (Å²) in [6.07, 6.45) is 5.92. The summed E-state index contributed by atoms with van der Waals surface area (Å²) in [6.45, 7) is 6.38. The molecular weight excluding hydrogens is 495 g/mol. The first-order valence-corrected chi connectivity index (χ1v) is 13.1. The molecule has 0 aliphatic heterocycles. The summed E-state index contributed by atoms with van der Waals surface area (Å²) in [6, 6.07) is 0. The van der Waals surface area contributed by atoms with Crippen molar-refractivity contribution < 1.29 is 24.2 Å². The van der Waals surface area contributed by atoms with Crippen LogP contribution >= 0.6 is 22.6 Å². The Kier molecular flexibility index (Phi) is 6.35. The van der Waals surface area contributed by atoms with Crippen LogP contribution < -0.4 is 0 Å². The van der Waals surface area contributed by atoms with E-state index in [4.69, 9.17) is 9.47 Å². The van der Waals surface area contributed by atoms with E-state index in [1.54, 1.807) is 14.0 Å². The van der Waals surface area contributed by atoms with Crippen LogP contribution in [0.2, 0.25) is 0 Å². The SMILES string of the molecule is CO[C@H]1C[C@@]2(C)[C@@H](CC[C@@H]3[C@@H]2[C@@H](OC(=O)CI)C[C@]2(C)[C@@H](C(C)=O)CC[C@@H]32)C[C@@H]1O. The molecule has 4 rings (SSSR count). The minimum Gasteiger partial charge on any atom is -0.461 e. The molecule has 0 saturated heterocycles. The van der Waals surface area contributed by atoms with E-state index in [2.05, 4.69) is 36.4 Å². The maximum atomic E-state index is 12.5. The van der Waals surface area contributed by atoms with Crippen LogP contribution in [0.5, 0.6) is 0 Å². The van der Waals surface area contributed by atoms with Crippen LogP contribution in [-0.4, -0.2) is 46.7 Å². The highest BCUT2D eigenvalue weighted by molar-refractivity contribution is 14.1. The second-order valence-electron chi connectivity index (χ2n) is 11.0. The number of rotatable bonds is 4. The molecule has 0 aromatic heterocycles. The van der Waals surface area contributed by atoms with Gasteiger partial charge in [-0.3, -0.25) is 9.59 Å². The highest BCUT2D eigenvalue weighted by atomic mass is 127. The second kappa shape index (κ2) is 8.29. The lowest BCUT2D eigenvalue weighted by molar-refractivity contribution is -0.210. The van der Waals surface area contributed by atoms with Crippen molar-refractivity contribution in [1.82, 2.24) is 0 Å². The average Bonchev–Trinajstić information content (AvgIpc) is 3.04. The minimum atomic E-state index is -0.414. The van der Waals surface area contributed by atoms with Crippen LogP contribution in [0.4, 0.5) is 0 Å². The Morgan fingerprint density at radius 3 is 2.40 bits per heavy atom. The zero-order chi connectivity index (χ0) is 21.8. The summed E-state index contributed by atoms with van der Waals surface area (Å²) < 4.78 is 12.2. The topological polar surface area (TPSA) is 72.8 Å². The van der Waals surface area contributed by atoms with E-state index in [-0.39, 0.29) is 46.6 Å². The first-order valence-electron chi connectivity index (χ1n) is 11.6. The molecule has 6 heteroatoms. The molecule has 0 bridgehead atoms. The summed E-state index contributed by atoms with van der Waals surface area (Å²) in [5, 5.41) is 10.6. The van der Waals surface area contributed by atoms with Gasteiger partial charge in [0.2, 0.25) is 0 Å². The van der Waals surface area contributed by atoms with Crippen molar-refractivity contribution in [2.24, 2.45) is 40.4 Å². The summed E-state index contributed by atoms with van der Waals surface area (Å²) >= 11 is 2.08. The minimum absolute atomic E-state index is 0.0192. The molecule has 4 aliphatic rings. The van der Waals surface area contributed by atoms with Crippen LogP contribution in [0, 0.1) is 40.4 Å².